The Hall–Kier alpha value is -2.27. The van der Waals surface area contributed by atoms with Crippen molar-refractivity contribution in [3.63, 3.8) is 0 Å². The quantitative estimate of drug-likeness (QED) is 0.466. The van der Waals surface area contributed by atoms with Gasteiger partial charge in [-0.1, -0.05) is 26.0 Å². The van der Waals surface area contributed by atoms with Gasteiger partial charge >= 0.3 is 11.9 Å². The van der Waals surface area contributed by atoms with Crippen molar-refractivity contribution >= 4 is 17.3 Å². The molecule has 1 aliphatic carbocycles. The molecule has 2 aromatic heterocycles. The summed E-state index contributed by atoms with van der Waals surface area (Å²) in [5.74, 6) is 1.93. The van der Waals surface area contributed by atoms with E-state index in [1.807, 2.05) is 23.9 Å². The van der Waals surface area contributed by atoms with Crippen molar-refractivity contribution in [3.05, 3.63) is 69.9 Å². The lowest BCUT2D eigenvalue weighted by Gasteiger charge is -2.50. The summed E-state index contributed by atoms with van der Waals surface area (Å²) in [6.07, 6.45) is 2.58. The number of hydrogen-bond donors (Lipinski definition) is 2. The van der Waals surface area contributed by atoms with Crippen LogP contribution in [0.5, 0.6) is 0 Å². The molecule has 2 saturated heterocycles. The van der Waals surface area contributed by atoms with E-state index in [0.717, 1.165) is 50.2 Å². The molecule has 0 amide bonds. The summed E-state index contributed by atoms with van der Waals surface area (Å²) in [4.78, 5) is 15.8. The number of hydrogen-bond acceptors (Lipinski definition) is 5. The standard InChI is InChI=1S/C28H34F3N5OS/c1-18-5-4-8-34(13-18)14-20-9-23(28(29,30)31)24-16-35(26(37)36(24)15-20)22-7-3-6-21(10-22)27(11-19(2)12-27)25-33-32-17-38-25/h3,6-7,9-10,15-16,18-19,25,32-33H,4-5,8,11-14,17H2,1-2H3/t18-,19-,25?,27-/m0/s1. The molecule has 1 saturated carbocycles. The number of nitrogens with one attached hydrogen (secondary N) is 2. The van der Waals surface area contributed by atoms with Gasteiger partial charge in [0.25, 0.3) is 0 Å². The smallest absolute Gasteiger partial charge is 0.299 e. The lowest BCUT2D eigenvalue weighted by Crippen LogP contribution is -2.53. The number of imidazole rings is 1. The average Bonchev–Trinajstić information content (AvgIpc) is 3.50. The molecule has 1 aromatic carbocycles. The molecule has 6 nitrogen and oxygen atoms in total. The number of alkyl halides is 3. The fourth-order valence-electron chi connectivity index (χ4n) is 6.78. The monoisotopic (exact) mass is 545 g/mol. The molecule has 38 heavy (non-hydrogen) atoms. The van der Waals surface area contributed by atoms with Crippen molar-refractivity contribution in [1.82, 2.24) is 24.7 Å². The highest BCUT2D eigenvalue weighted by molar-refractivity contribution is 8.00. The molecule has 2 atom stereocenters. The van der Waals surface area contributed by atoms with Gasteiger partial charge in [0.1, 0.15) is 0 Å². The Bertz CT molecular complexity index is 1390. The molecule has 0 bridgehead atoms. The fraction of sp³-hybridized carbons (Fsp3) is 0.536. The van der Waals surface area contributed by atoms with Crippen LogP contribution < -0.4 is 16.5 Å². The third-order valence-electron chi connectivity index (χ3n) is 8.46. The number of nitrogens with zero attached hydrogens (tertiary/aromatic N) is 3. The summed E-state index contributed by atoms with van der Waals surface area (Å²) in [6.45, 7) is 6.52. The van der Waals surface area contributed by atoms with Gasteiger partial charge < -0.3 is 0 Å². The molecule has 6 rings (SSSR count). The van der Waals surface area contributed by atoms with Crippen LogP contribution in [0.1, 0.15) is 56.2 Å². The van der Waals surface area contributed by atoms with Gasteiger partial charge in [0.15, 0.2) is 0 Å². The van der Waals surface area contributed by atoms with E-state index in [1.165, 1.54) is 21.2 Å². The third-order valence-corrected chi connectivity index (χ3v) is 9.67. The minimum Gasteiger partial charge on any atom is -0.299 e. The SMILES string of the molecule is C[C@H]1CCCN(Cc2cc(C(F)(F)F)c3cn(-c4cccc([C@]5(C6NNCS6)C[C@H](C)C5)c4)c(=O)n3c2)C1. The first-order chi connectivity index (χ1) is 18.1. The second-order valence-electron chi connectivity index (χ2n) is 11.5. The van der Waals surface area contributed by atoms with Crippen LogP contribution >= 0.6 is 11.8 Å². The van der Waals surface area contributed by atoms with E-state index >= 15 is 0 Å². The normalized spacial score (nSPS) is 28.6. The molecule has 204 valence electrons. The molecule has 1 unspecified atom stereocenters. The first-order valence-corrected chi connectivity index (χ1v) is 14.5. The summed E-state index contributed by atoms with van der Waals surface area (Å²) in [5.41, 5.74) is 7.35. The van der Waals surface area contributed by atoms with Crippen molar-refractivity contribution in [3.8, 4) is 5.69 Å². The Morgan fingerprint density at radius 1 is 1.13 bits per heavy atom. The van der Waals surface area contributed by atoms with E-state index in [9.17, 15) is 18.0 Å². The topological polar surface area (TPSA) is 53.7 Å². The van der Waals surface area contributed by atoms with E-state index in [0.29, 0.717) is 29.6 Å². The van der Waals surface area contributed by atoms with Gasteiger partial charge in [-0.25, -0.2) is 15.6 Å². The van der Waals surface area contributed by atoms with Crippen LogP contribution in [0.3, 0.4) is 0 Å². The van der Waals surface area contributed by atoms with Gasteiger partial charge in [-0.2, -0.15) is 13.2 Å². The van der Waals surface area contributed by atoms with Crippen molar-refractivity contribution < 1.29 is 13.2 Å². The largest absolute Gasteiger partial charge is 0.418 e. The van der Waals surface area contributed by atoms with Crippen LogP contribution in [0, 0.1) is 11.8 Å². The van der Waals surface area contributed by atoms with Crippen molar-refractivity contribution in [1.29, 1.82) is 0 Å². The number of halogens is 3. The predicted molar refractivity (Wildman–Crippen MR) is 144 cm³/mol. The molecular formula is C28H34F3N5OS. The van der Waals surface area contributed by atoms with Gasteiger partial charge in [0.2, 0.25) is 0 Å². The molecule has 10 heteroatoms. The first kappa shape index (κ1) is 26.0. The number of rotatable bonds is 5. The van der Waals surface area contributed by atoms with Crippen LogP contribution in [0.2, 0.25) is 0 Å². The van der Waals surface area contributed by atoms with E-state index in [1.54, 1.807) is 12.3 Å². The van der Waals surface area contributed by atoms with Crippen LogP contribution in [-0.2, 0) is 18.1 Å². The molecule has 2 N–H and O–H groups in total. The van der Waals surface area contributed by atoms with Gasteiger partial charge in [-0.15, -0.1) is 11.8 Å². The van der Waals surface area contributed by atoms with Gasteiger partial charge in [-0.3, -0.25) is 13.9 Å². The predicted octanol–water partition coefficient (Wildman–Crippen LogP) is 5.13. The Balaban J connectivity index is 1.41. The highest BCUT2D eigenvalue weighted by atomic mass is 32.2. The number of aromatic nitrogens is 2. The Kier molecular flexibility index (Phi) is 6.65. The maximum absolute atomic E-state index is 14.2. The van der Waals surface area contributed by atoms with Gasteiger partial charge in [0, 0.05) is 30.9 Å². The van der Waals surface area contributed by atoms with Gasteiger partial charge in [-0.05, 0) is 73.4 Å². The van der Waals surface area contributed by atoms with E-state index in [4.69, 9.17) is 0 Å². The molecule has 4 heterocycles. The number of pyridine rings is 1. The lowest BCUT2D eigenvalue weighted by atomic mass is 9.59. The number of hydrazine groups is 1. The summed E-state index contributed by atoms with van der Waals surface area (Å²) < 4.78 is 45.2. The van der Waals surface area contributed by atoms with Crippen molar-refractivity contribution in [2.75, 3.05) is 19.0 Å². The van der Waals surface area contributed by atoms with E-state index < -0.39 is 17.4 Å². The number of fused-ring (bicyclic) bond motifs is 1. The van der Waals surface area contributed by atoms with Crippen LogP contribution in [0.15, 0.2) is 47.5 Å². The highest BCUT2D eigenvalue weighted by Crippen LogP contribution is 2.53. The summed E-state index contributed by atoms with van der Waals surface area (Å²) in [6, 6.07) is 8.99. The van der Waals surface area contributed by atoms with Crippen LogP contribution in [0.25, 0.3) is 11.2 Å². The Morgan fingerprint density at radius 2 is 1.95 bits per heavy atom. The molecule has 3 aliphatic rings. The van der Waals surface area contributed by atoms with E-state index in [-0.39, 0.29) is 16.3 Å². The number of piperidine rings is 1. The second-order valence-corrected chi connectivity index (χ2v) is 12.6. The Labute approximate surface area is 224 Å². The molecule has 3 aromatic rings. The zero-order chi connectivity index (χ0) is 26.7. The number of thioether (sulfide) groups is 1. The minimum atomic E-state index is -4.57. The second kappa shape index (κ2) is 9.73. The molecule has 0 radical (unpaired) electrons. The number of benzene rings is 1. The van der Waals surface area contributed by atoms with E-state index in [2.05, 4.69) is 35.7 Å². The lowest BCUT2D eigenvalue weighted by molar-refractivity contribution is -0.136. The maximum atomic E-state index is 14.2. The fourth-order valence-corrected chi connectivity index (χ4v) is 7.93. The van der Waals surface area contributed by atoms with Crippen molar-refractivity contribution in [2.24, 2.45) is 11.8 Å². The zero-order valence-electron chi connectivity index (χ0n) is 21.7. The molecule has 0 spiro atoms. The maximum Gasteiger partial charge on any atom is 0.418 e. The molecular weight excluding hydrogens is 511 g/mol. The molecule has 3 fully saturated rings. The zero-order valence-corrected chi connectivity index (χ0v) is 22.5. The molecule has 2 aliphatic heterocycles. The average molecular weight is 546 g/mol. The van der Waals surface area contributed by atoms with Crippen LogP contribution in [0.4, 0.5) is 13.2 Å². The third kappa shape index (κ3) is 4.59. The Morgan fingerprint density at radius 3 is 2.63 bits per heavy atom. The van der Waals surface area contributed by atoms with Crippen molar-refractivity contribution in [2.45, 2.75) is 63.0 Å². The highest BCUT2D eigenvalue weighted by Gasteiger charge is 2.50. The minimum absolute atomic E-state index is 0.0811. The summed E-state index contributed by atoms with van der Waals surface area (Å²) >= 11 is 1.83. The first-order valence-electron chi connectivity index (χ1n) is 13.4. The number of likely N-dealkylation sites (tertiary alicyclic amines) is 1. The summed E-state index contributed by atoms with van der Waals surface area (Å²) in [7, 11) is 0. The summed E-state index contributed by atoms with van der Waals surface area (Å²) in [5, 5.41) is 0.204. The van der Waals surface area contributed by atoms with Crippen LogP contribution in [-0.4, -0.2) is 38.2 Å². The van der Waals surface area contributed by atoms with Gasteiger partial charge in [0.05, 0.1) is 28.0 Å².